The number of aryl methyl sites for hydroxylation is 1. The predicted octanol–water partition coefficient (Wildman–Crippen LogP) is 3.94. The van der Waals surface area contributed by atoms with E-state index < -0.39 is 0 Å². The first-order valence-corrected chi connectivity index (χ1v) is 7.41. The first kappa shape index (κ1) is 13.4. The van der Waals surface area contributed by atoms with Crippen molar-refractivity contribution in [1.82, 2.24) is 14.8 Å². The average molecular weight is 289 g/mol. The highest BCUT2D eigenvalue weighted by molar-refractivity contribution is 7.71. The molecule has 3 rings (SSSR count). The molecule has 1 saturated carbocycles. The Kier molecular flexibility index (Phi) is 3.61. The molecule has 106 valence electrons. The maximum atomic E-state index is 6.23. The SMILES string of the molecule is Cc1cccc(OC(CC2CC2)n2[nH]cnc2=S)c1C. The number of H-pyrrole nitrogens is 1. The fourth-order valence-electron chi connectivity index (χ4n) is 2.31. The lowest BCUT2D eigenvalue weighted by atomic mass is 10.1. The summed E-state index contributed by atoms with van der Waals surface area (Å²) in [5.74, 6) is 1.67. The van der Waals surface area contributed by atoms with E-state index in [4.69, 9.17) is 17.0 Å². The van der Waals surface area contributed by atoms with E-state index in [2.05, 4.69) is 30.0 Å². The van der Waals surface area contributed by atoms with Gasteiger partial charge in [0, 0.05) is 6.42 Å². The van der Waals surface area contributed by atoms with Crippen LogP contribution in [0.25, 0.3) is 0 Å². The Morgan fingerprint density at radius 2 is 2.25 bits per heavy atom. The standard InChI is InChI=1S/C15H19N3OS/c1-10-4-3-5-13(11(10)2)19-14(8-12-6-7-12)18-15(20)16-9-17-18/h3-5,9,12,14H,6-8H2,1-2H3,(H,16,17,20). The molecule has 0 aliphatic heterocycles. The zero-order valence-electron chi connectivity index (χ0n) is 11.8. The summed E-state index contributed by atoms with van der Waals surface area (Å²) < 4.78 is 8.61. The van der Waals surface area contributed by atoms with Gasteiger partial charge in [-0.15, -0.1) is 0 Å². The number of rotatable bonds is 5. The van der Waals surface area contributed by atoms with Gasteiger partial charge in [-0.1, -0.05) is 12.1 Å². The van der Waals surface area contributed by atoms with Gasteiger partial charge >= 0.3 is 0 Å². The summed E-state index contributed by atoms with van der Waals surface area (Å²) in [5, 5.41) is 3.07. The van der Waals surface area contributed by atoms with Crippen LogP contribution in [0.3, 0.4) is 0 Å². The second-order valence-corrected chi connectivity index (χ2v) is 5.85. The molecule has 0 saturated heterocycles. The molecule has 1 heterocycles. The largest absolute Gasteiger partial charge is 0.468 e. The van der Waals surface area contributed by atoms with Gasteiger partial charge in [0.2, 0.25) is 4.77 Å². The van der Waals surface area contributed by atoms with Gasteiger partial charge in [-0.25, -0.2) is 9.67 Å². The Bertz CT molecular complexity index is 657. The number of nitrogens with zero attached hydrogens (tertiary/aromatic N) is 2. The second kappa shape index (κ2) is 5.40. The highest BCUT2D eigenvalue weighted by Crippen LogP contribution is 2.38. The van der Waals surface area contributed by atoms with E-state index in [9.17, 15) is 0 Å². The third kappa shape index (κ3) is 2.77. The first-order chi connectivity index (χ1) is 9.65. The van der Waals surface area contributed by atoms with Crippen molar-refractivity contribution in [2.24, 2.45) is 5.92 Å². The summed E-state index contributed by atoms with van der Waals surface area (Å²) in [5.41, 5.74) is 2.42. The number of hydrogen-bond donors (Lipinski definition) is 1. The molecule has 1 aromatic carbocycles. The molecule has 2 aromatic rings. The molecule has 0 radical (unpaired) electrons. The van der Waals surface area contributed by atoms with Gasteiger partial charge in [0.05, 0.1) is 0 Å². The van der Waals surface area contributed by atoms with Gasteiger partial charge in [-0.05, 0) is 62.0 Å². The molecule has 1 unspecified atom stereocenters. The van der Waals surface area contributed by atoms with E-state index in [1.807, 2.05) is 16.8 Å². The van der Waals surface area contributed by atoms with Crippen LogP contribution in [-0.2, 0) is 0 Å². The summed E-state index contributed by atoms with van der Waals surface area (Å²) in [6.07, 6.45) is 5.07. The minimum absolute atomic E-state index is 0.0991. The van der Waals surface area contributed by atoms with Crippen LogP contribution in [0.2, 0.25) is 0 Å². The van der Waals surface area contributed by atoms with Crippen molar-refractivity contribution in [2.75, 3.05) is 0 Å². The molecular formula is C15H19N3OS. The maximum Gasteiger partial charge on any atom is 0.219 e. The summed E-state index contributed by atoms with van der Waals surface area (Å²) in [6.45, 7) is 4.19. The molecule has 1 fully saturated rings. The summed E-state index contributed by atoms with van der Waals surface area (Å²) >= 11 is 5.25. The van der Waals surface area contributed by atoms with Crippen LogP contribution in [0.15, 0.2) is 24.5 Å². The van der Waals surface area contributed by atoms with Crippen LogP contribution < -0.4 is 4.74 Å². The molecule has 0 spiro atoms. The Hall–Kier alpha value is -1.62. The summed E-state index contributed by atoms with van der Waals surface area (Å²) in [7, 11) is 0. The average Bonchev–Trinajstić information content (AvgIpc) is 3.14. The number of nitrogens with one attached hydrogen (secondary N) is 1. The van der Waals surface area contributed by atoms with Crippen LogP contribution in [0.5, 0.6) is 5.75 Å². The maximum absolute atomic E-state index is 6.23. The zero-order valence-corrected chi connectivity index (χ0v) is 12.6. The number of aromatic amines is 1. The molecule has 1 N–H and O–H groups in total. The van der Waals surface area contributed by atoms with Gasteiger partial charge in [-0.2, -0.15) is 0 Å². The lowest BCUT2D eigenvalue weighted by Crippen LogP contribution is -2.18. The van der Waals surface area contributed by atoms with Gasteiger partial charge in [0.1, 0.15) is 12.1 Å². The number of aromatic nitrogens is 3. The summed E-state index contributed by atoms with van der Waals surface area (Å²) in [6, 6.07) is 6.14. The van der Waals surface area contributed by atoms with E-state index in [-0.39, 0.29) is 6.23 Å². The highest BCUT2D eigenvalue weighted by Gasteiger charge is 2.28. The fraction of sp³-hybridized carbons (Fsp3) is 0.467. The molecular weight excluding hydrogens is 270 g/mol. The summed E-state index contributed by atoms with van der Waals surface area (Å²) in [4.78, 5) is 4.09. The second-order valence-electron chi connectivity index (χ2n) is 5.49. The van der Waals surface area contributed by atoms with Crippen molar-refractivity contribution >= 4 is 12.2 Å². The normalized spacial score (nSPS) is 16.1. The first-order valence-electron chi connectivity index (χ1n) is 7.00. The topological polar surface area (TPSA) is 42.8 Å². The Morgan fingerprint density at radius 1 is 1.45 bits per heavy atom. The van der Waals surface area contributed by atoms with E-state index >= 15 is 0 Å². The number of benzene rings is 1. The van der Waals surface area contributed by atoms with Crippen LogP contribution in [0.1, 0.15) is 36.6 Å². The lowest BCUT2D eigenvalue weighted by Gasteiger charge is -2.21. The van der Waals surface area contributed by atoms with Gasteiger partial charge in [0.15, 0.2) is 6.23 Å². The van der Waals surface area contributed by atoms with Crippen molar-refractivity contribution in [3.63, 3.8) is 0 Å². The molecule has 1 aliphatic rings. The third-order valence-electron chi connectivity index (χ3n) is 3.92. The van der Waals surface area contributed by atoms with Gasteiger partial charge in [0.25, 0.3) is 0 Å². The van der Waals surface area contributed by atoms with E-state index in [1.165, 1.54) is 24.0 Å². The van der Waals surface area contributed by atoms with Gasteiger partial charge in [-0.3, -0.25) is 5.10 Å². The van der Waals surface area contributed by atoms with Crippen molar-refractivity contribution in [3.8, 4) is 5.75 Å². The third-order valence-corrected chi connectivity index (χ3v) is 4.22. The highest BCUT2D eigenvalue weighted by atomic mass is 32.1. The van der Waals surface area contributed by atoms with Gasteiger partial charge < -0.3 is 4.74 Å². The molecule has 20 heavy (non-hydrogen) atoms. The van der Waals surface area contributed by atoms with Crippen molar-refractivity contribution in [1.29, 1.82) is 0 Å². The fourth-order valence-corrected chi connectivity index (χ4v) is 2.54. The van der Waals surface area contributed by atoms with E-state index in [1.54, 1.807) is 6.33 Å². The molecule has 1 aliphatic carbocycles. The zero-order chi connectivity index (χ0) is 14.1. The molecule has 4 nitrogen and oxygen atoms in total. The Labute approximate surface area is 123 Å². The quantitative estimate of drug-likeness (QED) is 0.848. The van der Waals surface area contributed by atoms with E-state index in [0.717, 1.165) is 18.1 Å². The Balaban J connectivity index is 1.88. The molecule has 5 heteroatoms. The molecule has 0 amide bonds. The smallest absolute Gasteiger partial charge is 0.219 e. The molecule has 1 atom stereocenters. The minimum atomic E-state index is -0.0991. The van der Waals surface area contributed by atoms with Crippen molar-refractivity contribution < 1.29 is 4.74 Å². The number of ether oxygens (including phenoxy) is 1. The minimum Gasteiger partial charge on any atom is -0.468 e. The van der Waals surface area contributed by atoms with Crippen LogP contribution >= 0.6 is 12.2 Å². The van der Waals surface area contributed by atoms with E-state index in [0.29, 0.717) is 4.77 Å². The van der Waals surface area contributed by atoms with Crippen LogP contribution in [0, 0.1) is 24.5 Å². The molecule has 0 bridgehead atoms. The number of hydrogen-bond acceptors (Lipinski definition) is 3. The molecule has 1 aromatic heterocycles. The lowest BCUT2D eigenvalue weighted by molar-refractivity contribution is 0.0994. The van der Waals surface area contributed by atoms with Crippen molar-refractivity contribution in [3.05, 3.63) is 40.4 Å². The van der Waals surface area contributed by atoms with Crippen LogP contribution in [0.4, 0.5) is 0 Å². The van der Waals surface area contributed by atoms with Crippen molar-refractivity contribution in [2.45, 2.75) is 39.3 Å². The predicted molar refractivity (Wildman–Crippen MR) is 80.3 cm³/mol. The monoisotopic (exact) mass is 289 g/mol. The van der Waals surface area contributed by atoms with Crippen LogP contribution in [-0.4, -0.2) is 14.8 Å². The Morgan fingerprint density at radius 3 is 2.90 bits per heavy atom.